The van der Waals surface area contributed by atoms with E-state index in [2.05, 4.69) is 21.4 Å². The minimum atomic E-state index is -0.275. The van der Waals surface area contributed by atoms with Crippen molar-refractivity contribution in [3.05, 3.63) is 48.0 Å². The summed E-state index contributed by atoms with van der Waals surface area (Å²) >= 11 is 0. The average Bonchev–Trinajstić information content (AvgIpc) is 3.06. The molecule has 0 radical (unpaired) electrons. The van der Waals surface area contributed by atoms with Gasteiger partial charge in [-0.05, 0) is 55.3 Å². The smallest absolute Gasteiger partial charge is 0.138 e. The number of aromatic amines is 1. The molecule has 124 valence electrons. The number of fused-ring (bicyclic) bond motifs is 1. The van der Waals surface area contributed by atoms with Crippen molar-refractivity contribution < 1.29 is 9.13 Å². The molecule has 1 saturated heterocycles. The highest BCUT2D eigenvalue weighted by Crippen LogP contribution is 2.36. The molecule has 24 heavy (non-hydrogen) atoms. The Bertz CT molecular complexity index is 868. The number of methoxy groups -OCH3 is 1. The van der Waals surface area contributed by atoms with E-state index in [9.17, 15) is 4.39 Å². The van der Waals surface area contributed by atoms with E-state index in [1.807, 2.05) is 6.07 Å². The molecule has 0 spiro atoms. The maximum atomic E-state index is 13.8. The summed E-state index contributed by atoms with van der Waals surface area (Å²) < 4.78 is 19.2. The summed E-state index contributed by atoms with van der Waals surface area (Å²) in [6.07, 6.45) is 4.10. The molecule has 2 N–H and O–H groups in total. The molecule has 5 heteroatoms. The number of benzene rings is 1. The standard InChI is InChI=1S/C19H20FN3O/c1-24-18-5-4-13(20)9-15(18)14-6-8-22-19-16(14)10-17(23-19)12-3-2-7-21-11-12/h4-6,8-10,12,21H,2-3,7,11H2,1H3,(H,22,23)/t12-/m0/s1. The van der Waals surface area contributed by atoms with Crippen LogP contribution in [0.15, 0.2) is 36.5 Å². The Hall–Kier alpha value is -2.40. The normalized spacial score (nSPS) is 18.0. The number of piperidine rings is 1. The van der Waals surface area contributed by atoms with Gasteiger partial charge in [0.05, 0.1) is 7.11 Å². The molecule has 3 heterocycles. The first-order chi connectivity index (χ1) is 11.8. The summed E-state index contributed by atoms with van der Waals surface area (Å²) in [6, 6.07) is 8.66. The average molecular weight is 325 g/mol. The van der Waals surface area contributed by atoms with E-state index in [4.69, 9.17) is 4.74 Å². The van der Waals surface area contributed by atoms with Crippen LogP contribution in [0.1, 0.15) is 24.5 Å². The number of hydrogen-bond acceptors (Lipinski definition) is 3. The Morgan fingerprint density at radius 2 is 2.12 bits per heavy atom. The molecule has 1 atom stereocenters. The second-order valence-corrected chi connectivity index (χ2v) is 6.23. The summed E-state index contributed by atoms with van der Waals surface area (Å²) in [7, 11) is 1.60. The molecule has 1 aliphatic rings. The summed E-state index contributed by atoms with van der Waals surface area (Å²) in [6.45, 7) is 2.06. The lowest BCUT2D eigenvalue weighted by Crippen LogP contribution is -2.28. The van der Waals surface area contributed by atoms with Crippen LogP contribution < -0.4 is 10.1 Å². The van der Waals surface area contributed by atoms with Crippen LogP contribution in [0.2, 0.25) is 0 Å². The van der Waals surface area contributed by atoms with Crippen LogP contribution in [-0.4, -0.2) is 30.2 Å². The highest BCUT2D eigenvalue weighted by atomic mass is 19.1. The van der Waals surface area contributed by atoms with Crippen LogP contribution in [0.25, 0.3) is 22.2 Å². The van der Waals surface area contributed by atoms with Gasteiger partial charge in [0.2, 0.25) is 0 Å². The minimum Gasteiger partial charge on any atom is -0.496 e. The predicted molar refractivity (Wildman–Crippen MR) is 92.9 cm³/mol. The number of pyridine rings is 1. The molecule has 4 rings (SSSR count). The molecule has 0 saturated carbocycles. The van der Waals surface area contributed by atoms with Gasteiger partial charge >= 0.3 is 0 Å². The summed E-state index contributed by atoms with van der Waals surface area (Å²) in [5, 5.41) is 4.44. The number of hydrogen-bond donors (Lipinski definition) is 2. The first kappa shape index (κ1) is 15.1. The van der Waals surface area contributed by atoms with Gasteiger partial charge in [0, 0.05) is 35.3 Å². The van der Waals surface area contributed by atoms with Crippen LogP contribution in [0.4, 0.5) is 4.39 Å². The van der Waals surface area contributed by atoms with Gasteiger partial charge in [-0.2, -0.15) is 0 Å². The van der Waals surface area contributed by atoms with Crippen molar-refractivity contribution in [2.45, 2.75) is 18.8 Å². The Balaban J connectivity index is 1.84. The third-order valence-electron chi connectivity index (χ3n) is 4.74. The van der Waals surface area contributed by atoms with E-state index in [1.165, 1.54) is 30.7 Å². The fraction of sp³-hybridized carbons (Fsp3) is 0.316. The number of aromatic nitrogens is 2. The SMILES string of the molecule is COc1ccc(F)cc1-c1ccnc2[nH]c([C@H]3CCCNC3)cc12. The Morgan fingerprint density at radius 3 is 2.92 bits per heavy atom. The molecular formula is C19H20FN3O. The van der Waals surface area contributed by atoms with Crippen molar-refractivity contribution in [1.82, 2.24) is 15.3 Å². The molecule has 1 aromatic carbocycles. The van der Waals surface area contributed by atoms with Gasteiger partial charge < -0.3 is 15.0 Å². The first-order valence-electron chi connectivity index (χ1n) is 8.28. The number of rotatable bonds is 3. The van der Waals surface area contributed by atoms with Crippen LogP contribution in [-0.2, 0) is 0 Å². The van der Waals surface area contributed by atoms with Crippen LogP contribution in [0.3, 0.4) is 0 Å². The predicted octanol–water partition coefficient (Wildman–Crippen LogP) is 3.84. The van der Waals surface area contributed by atoms with E-state index < -0.39 is 0 Å². The molecule has 0 bridgehead atoms. The van der Waals surface area contributed by atoms with Crippen LogP contribution >= 0.6 is 0 Å². The van der Waals surface area contributed by atoms with Crippen molar-refractivity contribution in [1.29, 1.82) is 0 Å². The van der Waals surface area contributed by atoms with Gasteiger partial charge in [-0.1, -0.05) is 0 Å². The van der Waals surface area contributed by atoms with Gasteiger partial charge in [0.25, 0.3) is 0 Å². The van der Waals surface area contributed by atoms with Crippen LogP contribution in [0.5, 0.6) is 5.75 Å². The number of halogens is 1. The largest absolute Gasteiger partial charge is 0.496 e. The quantitative estimate of drug-likeness (QED) is 0.769. The lowest BCUT2D eigenvalue weighted by atomic mass is 9.95. The summed E-state index contributed by atoms with van der Waals surface area (Å²) in [5.74, 6) is 0.851. The van der Waals surface area contributed by atoms with Crippen molar-refractivity contribution in [2.24, 2.45) is 0 Å². The minimum absolute atomic E-state index is 0.275. The molecule has 0 amide bonds. The van der Waals surface area contributed by atoms with Gasteiger partial charge in [-0.15, -0.1) is 0 Å². The van der Waals surface area contributed by atoms with Crippen molar-refractivity contribution >= 4 is 11.0 Å². The second-order valence-electron chi connectivity index (χ2n) is 6.23. The molecule has 1 aliphatic heterocycles. The van der Waals surface area contributed by atoms with Gasteiger partial charge in [-0.3, -0.25) is 0 Å². The monoisotopic (exact) mass is 325 g/mol. The number of nitrogens with one attached hydrogen (secondary N) is 2. The summed E-state index contributed by atoms with van der Waals surface area (Å²) in [4.78, 5) is 7.89. The fourth-order valence-corrected chi connectivity index (χ4v) is 3.51. The number of H-pyrrole nitrogens is 1. The molecule has 4 nitrogen and oxygen atoms in total. The van der Waals surface area contributed by atoms with E-state index in [-0.39, 0.29) is 5.82 Å². The molecular weight excluding hydrogens is 305 g/mol. The lowest BCUT2D eigenvalue weighted by Gasteiger charge is -2.21. The Labute approximate surface area is 140 Å². The van der Waals surface area contributed by atoms with E-state index in [0.717, 1.165) is 35.2 Å². The third kappa shape index (κ3) is 2.65. The zero-order valence-electron chi connectivity index (χ0n) is 13.6. The van der Waals surface area contributed by atoms with Gasteiger partial charge in [0.1, 0.15) is 17.2 Å². The topological polar surface area (TPSA) is 49.9 Å². The van der Waals surface area contributed by atoms with E-state index in [0.29, 0.717) is 11.7 Å². The second kappa shape index (κ2) is 6.24. The lowest BCUT2D eigenvalue weighted by molar-refractivity contribution is 0.415. The first-order valence-corrected chi connectivity index (χ1v) is 8.28. The molecule has 0 unspecified atom stereocenters. The van der Waals surface area contributed by atoms with Crippen molar-refractivity contribution in [2.75, 3.05) is 20.2 Å². The number of ether oxygens (including phenoxy) is 1. The van der Waals surface area contributed by atoms with E-state index >= 15 is 0 Å². The zero-order valence-corrected chi connectivity index (χ0v) is 13.6. The highest BCUT2D eigenvalue weighted by Gasteiger charge is 2.19. The zero-order chi connectivity index (χ0) is 16.5. The van der Waals surface area contributed by atoms with Crippen LogP contribution in [0, 0.1) is 5.82 Å². The Morgan fingerprint density at radius 1 is 1.21 bits per heavy atom. The fourth-order valence-electron chi connectivity index (χ4n) is 3.51. The molecule has 0 aliphatic carbocycles. The van der Waals surface area contributed by atoms with Crippen molar-refractivity contribution in [3.63, 3.8) is 0 Å². The summed E-state index contributed by atoms with van der Waals surface area (Å²) in [5.41, 5.74) is 3.70. The maximum Gasteiger partial charge on any atom is 0.138 e. The maximum absolute atomic E-state index is 13.8. The van der Waals surface area contributed by atoms with E-state index in [1.54, 1.807) is 19.4 Å². The van der Waals surface area contributed by atoms with Gasteiger partial charge in [0.15, 0.2) is 0 Å². The Kier molecular flexibility index (Phi) is 3.94. The molecule has 2 aromatic heterocycles. The molecule has 3 aromatic rings. The third-order valence-corrected chi connectivity index (χ3v) is 4.74. The molecule has 1 fully saturated rings. The van der Waals surface area contributed by atoms with Gasteiger partial charge in [-0.25, -0.2) is 9.37 Å². The number of nitrogens with zero attached hydrogens (tertiary/aromatic N) is 1. The highest BCUT2D eigenvalue weighted by molar-refractivity contribution is 5.95. The van der Waals surface area contributed by atoms with Crippen molar-refractivity contribution in [3.8, 4) is 16.9 Å².